The molecule has 0 radical (unpaired) electrons. The molecule has 24 heavy (non-hydrogen) atoms. The molecule has 0 saturated heterocycles. The third-order valence-corrected chi connectivity index (χ3v) is 5.57. The van der Waals surface area contributed by atoms with Crippen molar-refractivity contribution in [1.82, 2.24) is 0 Å². The molecule has 0 aromatic heterocycles. The fourth-order valence-corrected chi connectivity index (χ4v) is 2.61. The highest BCUT2D eigenvalue weighted by atomic mass is 79.9. The van der Waals surface area contributed by atoms with Crippen molar-refractivity contribution in [3.63, 3.8) is 0 Å². The van der Waals surface area contributed by atoms with Gasteiger partial charge in [-0.05, 0) is 51.0 Å². The average Bonchev–Trinajstić information content (AvgIpc) is 2.56. The van der Waals surface area contributed by atoms with Crippen LogP contribution in [0.2, 0.25) is 0 Å². The number of benzene rings is 2. The number of hydrogen-bond acceptors (Lipinski definition) is 4. The highest BCUT2D eigenvalue weighted by Crippen LogP contribution is 2.23. The molecule has 0 aliphatic heterocycles. The van der Waals surface area contributed by atoms with Gasteiger partial charge in [-0.3, -0.25) is 4.79 Å². The molecule has 2 aromatic rings. The topological polar surface area (TPSA) is 49.3 Å². The summed E-state index contributed by atoms with van der Waals surface area (Å²) >= 11 is 8.32. The number of carbonyl (C=O) groups excluding carboxylic acids is 1. The van der Waals surface area contributed by atoms with Crippen LogP contribution in [0.1, 0.15) is 27.0 Å². The van der Waals surface area contributed by atoms with Crippen molar-refractivity contribution in [2.45, 2.75) is 13.8 Å². The SMILES string of the molecule is Cc1ccc(/C(O)=C/C(=O)c2cc(C)ccc2NC(=S)SBr)cc1. The molecule has 0 fully saturated rings. The standard InChI is InChI=1S/C18H16BrNO2S2/c1-11-3-6-13(7-4-11)16(21)10-17(22)14-9-12(2)5-8-15(14)20-18(23)24-19/h3-10,21H,1-2H3,(H,20,23)/b16-10-. The van der Waals surface area contributed by atoms with Gasteiger partial charge >= 0.3 is 0 Å². The number of hydrogen-bond donors (Lipinski definition) is 2. The molecule has 0 atom stereocenters. The monoisotopic (exact) mass is 421 g/mol. The summed E-state index contributed by atoms with van der Waals surface area (Å²) in [4.78, 5) is 12.6. The van der Waals surface area contributed by atoms with Gasteiger partial charge in [0.1, 0.15) is 10.1 Å². The van der Waals surface area contributed by atoms with Gasteiger partial charge in [0, 0.05) is 17.2 Å². The molecule has 0 unspecified atom stereocenters. The molecule has 0 heterocycles. The van der Waals surface area contributed by atoms with Gasteiger partial charge in [0.25, 0.3) is 0 Å². The van der Waals surface area contributed by atoms with Gasteiger partial charge < -0.3 is 10.4 Å². The van der Waals surface area contributed by atoms with E-state index in [9.17, 15) is 9.90 Å². The number of nitrogens with one attached hydrogen (secondary N) is 1. The van der Waals surface area contributed by atoms with Gasteiger partial charge in [0.05, 0.1) is 5.69 Å². The van der Waals surface area contributed by atoms with Crippen LogP contribution in [0.5, 0.6) is 0 Å². The Morgan fingerprint density at radius 3 is 2.42 bits per heavy atom. The Kier molecular flexibility index (Phi) is 6.60. The zero-order valence-corrected chi connectivity index (χ0v) is 16.4. The van der Waals surface area contributed by atoms with E-state index in [-0.39, 0.29) is 11.5 Å². The minimum atomic E-state index is -0.290. The largest absolute Gasteiger partial charge is 0.507 e. The number of rotatable bonds is 4. The summed E-state index contributed by atoms with van der Waals surface area (Å²) in [6.45, 7) is 3.87. The van der Waals surface area contributed by atoms with Crippen molar-refractivity contribution in [1.29, 1.82) is 0 Å². The van der Waals surface area contributed by atoms with E-state index in [1.54, 1.807) is 24.3 Å². The summed E-state index contributed by atoms with van der Waals surface area (Å²) < 4.78 is 0.500. The van der Waals surface area contributed by atoms with Crippen LogP contribution in [0.4, 0.5) is 5.69 Å². The zero-order valence-electron chi connectivity index (χ0n) is 13.2. The van der Waals surface area contributed by atoms with E-state index < -0.39 is 0 Å². The number of aryl methyl sites for hydroxylation is 2. The van der Waals surface area contributed by atoms with Crippen LogP contribution in [0.3, 0.4) is 0 Å². The van der Waals surface area contributed by atoms with Gasteiger partial charge in [0.2, 0.25) is 0 Å². The quantitative estimate of drug-likeness (QED) is 0.281. The van der Waals surface area contributed by atoms with E-state index in [1.165, 1.54) is 16.3 Å². The van der Waals surface area contributed by atoms with Crippen LogP contribution in [0.25, 0.3) is 5.76 Å². The molecule has 6 heteroatoms. The van der Waals surface area contributed by atoms with E-state index in [4.69, 9.17) is 12.2 Å². The maximum absolute atomic E-state index is 12.6. The molecular formula is C18H16BrNO2S2. The van der Waals surface area contributed by atoms with Crippen LogP contribution in [-0.4, -0.2) is 15.2 Å². The predicted molar refractivity (Wildman–Crippen MR) is 110 cm³/mol. The van der Waals surface area contributed by atoms with Gasteiger partial charge in [-0.15, -0.1) is 0 Å². The Balaban J connectivity index is 2.34. The summed E-state index contributed by atoms with van der Waals surface area (Å²) in [5.41, 5.74) is 3.70. The van der Waals surface area contributed by atoms with Crippen molar-refractivity contribution >= 4 is 58.8 Å². The summed E-state index contributed by atoms with van der Waals surface area (Å²) in [7, 11) is 1.21. The Labute approximate surface area is 158 Å². The van der Waals surface area contributed by atoms with E-state index in [0.717, 1.165) is 11.1 Å². The van der Waals surface area contributed by atoms with Crippen molar-refractivity contribution in [2.75, 3.05) is 5.32 Å². The first kappa shape index (κ1) is 18.7. The molecule has 0 aliphatic carbocycles. The molecule has 2 aromatic carbocycles. The molecule has 0 aliphatic rings. The second kappa shape index (κ2) is 8.46. The summed E-state index contributed by atoms with van der Waals surface area (Å²) in [6, 6.07) is 12.8. The third-order valence-electron chi connectivity index (χ3n) is 3.36. The van der Waals surface area contributed by atoms with Crippen LogP contribution < -0.4 is 5.32 Å². The molecule has 2 N–H and O–H groups in total. The van der Waals surface area contributed by atoms with Crippen molar-refractivity contribution < 1.29 is 9.90 Å². The molecule has 3 nitrogen and oxygen atoms in total. The number of carbonyl (C=O) groups is 1. The van der Waals surface area contributed by atoms with Gasteiger partial charge in [-0.25, -0.2) is 0 Å². The Bertz CT molecular complexity index is 801. The number of ketones is 1. The van der Waals surface area contributed by atoms with E-state index in [0.29, 0.717) is 21.1 Å². The lowest BCUT2D eigenvalue weighted by Gasteiger charge is -2.10. The van der Waals surface area contributed by atoms with Gasteiger partial charge in [0.15, 0.2) is 5.78 Å². The summed E-state index contributed by atoms with van der Waals surface area (Å²) in [6.07, 6.45) is 1.23. The number of aliphatic hydroxyl groups excluding tert-OH is 1. The third kappa shape index (κ3) is 4.93. The average molecular weight is 422 g/mol. The second-order valence-electron chi connectivity index (χ2n) is 5.30. The fraction of sp³-hybridized carbons (Fsp3) is 0.111. The number of allylic oxidation sites excluding steroid dienone is 1. The first-order valence-corrected chi connectivity index (χ1v) is 10.2. The molecule has 0 spiro atoms. The molecule has 2 rings (SSSR count). The Morgan fingerprint density at radius 2 is 1.79 bits per heavy atom. The van der Waals surface area contributed by atoms with Crippen LogP contribution >= 0.6 is 37.2 Å². The predicted octanol–water partition coefficient (Wildman–Crippen LogP) is 5.83. The van der Waals surface area contributed by atoms with Crippen molar-refractivity contribution in [2.24, 2.45) is 0 Å². The Morgan fingerprint density at radius 1 is 1.17 bits per heavy atom. The highest BCUT2D eigenvalue weighted by molar-refractivity contribution is 9.52. The normalized spacial score (nSPS) is 11.2. The van der Waals surface area contributed by atoms with Crippen LogP contribution in [0, 0.1) is 13.8 Å². The minimum Gasteiger partial charge on any atom is -0.507 e. The Hall–Kier alpha value is -1.63. The molecule has 0 saturated carbocycles. The van der Waals surface area contributed by atoms with Gasteiger partial charge in [-0.1, -0.05) is 53.7 Å². The van der Waals surface area contributed by atoms with Crippen LogP contribution in [0.15, 0.2) is 48.5 Å². The fourth-order valence-electron chi connectivity index (χ4n) is 2.11. The number of thiocarbonyl (C=S) groups is 1. The number of anilines is 1. The lowest BCUT2D eigenvalue weighted by atomic mass is 10.0. The number of halogens is 1. The van der Waals surface area contributed by atoms with E-state index in [1.807, 2.05) is 32.0 Å². The van der Waals surface area contributed by atoms with E-state index in [2.05, 4.69) is 20.1 Å². The lowest BCUT2D eigenvalue weighted by Crippen LogP contribution is -2.08. The zero-order chi connectivity index (χ0) is 17.7. The molecule has 0 amide bonds. The smallest absolute Gasteiger partial charge is 0.191 e. The molecule has 0 bridgehead atoms. The van der Waals surface area contributed by atoms with Crippen molar-refractivity contribution in [3.05, 3.63) is 70.8 Å². The summed E-state index contributed by atoms with van der Waals surface area (Å²) in [5.74, 6) is -0.355. The maximum atomic E-state index is 12.6. The molecule has 124 valence electrons. The first-order chi connectivity index (χ1) is 11.4. The lowest BCUT2D eigenvalue weighted by molar-refractivity contribution is 0.104. The number of aliphatic hydroxyl groups is 1. The first-order valence-electron chi connectivity index (χ1n) is 7.13. The maximum Gasteiger partial charge on any atom is 0.191 e. The minimum absolute atomic E-state index is 0.0649. The van der Waals surface area contributed by atoms with Crippen LogP contribution in [-0.2, 0) is 0 Å². The van der Waals surface area contributed by atoms with Crippen molar-refractivity contribution in [3.8, 4) is 0 Å². The molecular weight excluding hydrogens is 406 g/mol. The van der Waals surface area contributed by atoms with Gasteiger partial charge in [-0.2, -0.15) is 0 Å². The summed E-state index contributed by atoms with van der Waals surface area (Å²) in [5, 5.41) is 13.2. The van der Waals surface area contributed by atoms with E-state index >= 15 is 0 Å². The highest BCUT2D eigenvalue weighted by Gasteiger charge is 2.13. The second-order valence-corrected chi connectivity index (χ2v) is 7.50.